The fraction of sp³-hybridized carbons (Fsp3) is 0.310. The first-order valence-electron chi connectivity index (χ1n) is 12.4. The molecular formula is C29H31Cl2N5. The summed E-state index contributed by atoms with van der Waals surface area (Å²) < 4.78 is 2.10. The highest BCUT2D eigenvalue weighted by molar-refractivity contribution is 6.43. The Morgan fingerprint density at radius 1 is 0.944 bits per heavy atom. The lowest BCUT2D eigenvalue weighted by Gasteiger charge is -2.21. The third-order valence-corrected chi connectivity index (χ3v) is 7.70. The van der Waals surface area contributed by atoms with Crippen LogP contribution in [-0.2, 0) is 6.54 Å². The van der Waals surface area contributed by atoms with Crippen LogP contribution in [0.4, 0.5) is 5.82 Å². The van der Waals surface area contributed by atoms with E-state index in [1.54, 1.807) is 6.07 Å². The van der Waals surface area contributed by atoms with Crippen LogP contribution in [0.3, 0.4) is 0 Å². The van der Waals surface area contributed by atoms with E-state index >= 15 is 0 Å². The predicted octanol–water partition coefficient (Wildman–Crippen LogP) is 7.73. The van der Waals surface area contributed by atoms with Crippen LogP contribution in [0.15, 0.2) is 60.9 Å². The molecule has 36 heavy (non-hydrogen) atoms. The van der Waals surface area contributed by atoms with Gasteiger partial charge in [0.1, 0.15) is 11.5 Å². The van der Waals surface area contributed by atoms with Crippen molar-refractivity contribution in [3.05, 3.63) is 76.5 Å². The van der Waals surface area contributed by atoms with E-state index in [0.29, 0.717) is 21.9 Å². The van der Waals surface area contributed by atoms with Gasteiger partial charge >= 0.3 is 0 Å². The summed E-state index contributed by atoms with van der Waals surface area (Å²) in [7, 11) is 4.14. The number of hydrogen-bond donors (Lipinski definition) is 1. The largest absolute Gasteiger partial charge is 0.383 e. The number of nitrogens with two attached hydrogens (primary N) is 1. The number of benzene rings is 2. The molecule has 2 N–H and O–H groups in total. The van der Waals surface area contributed by atoms with Gasteiger partial charge in [0.25, 0.3) is 0 Å². The zero-order valence-electron chi connectivity index (χ0n) is 20.7. The van der Waals surface area contributed by atoms with Crippen LogP contribution in [0.5, 0.6) is 0 Å². The van der Waals surface area contributed by atoms with Crippen molar-refractivity contribution in [1.29, 1.82) is 0 Å². The molecule has 0 radical (unpaired) electrons. The van der Waals surface area contributed by atoms with Gasteiger partial charge < -0.3 is 10.6 Å². The van der Waals surface area contributed by atoms with Gasteiger partial charge in [-0.2, -0.15) is 5.10 Å². The average molecular weight is 521 g/mol. The van der Waals surface area contributed by atoms with Gasteiger partial charge in [0, 0.05) is 41.2 Å². The molecule has 1 aliphatic rings. The Morgan fingerprint density at radius 3 is 2.42 bits per heavy atom. The van der Waals surface area contributed by atoms with Gasteiger partial charge in [-0.25, -0.2) is 4.98 Å². The van der Waals surface area contributed by atoms with Crippen molar-refractivity contribution >= 4 is 29.0 Å². The molecule has 2 aromatic carbocycles. The van der Waals surface area contributed by atoms with Crippen LogP contribution in [-0.4, -0.2) is 33.8 Å². The van der Waals surface area contributed by atoms with E-state index in [-0.39, 0.29) is 0 Å². The molecule has 0 aliphatic heterocycles. The first-order chi connectivity index (χ1) is 17.4. The Hall–Kier alpha value is -2.86. The van der Waals surface area contributed by atoms with E-state index < -0.39 is 0 Å². The summed E-state index contributed by atoms with van der Waals surface area (Å²) in [6.45, 7) is 0.897. The Labute approximate surface area is 222 Å². The summed E-state index contributed by atoms with van der Waals surface area (Å²) in [6, 6.07) is 16.7. The van der Waals surface area contributed by atoms with Gasteiger partial charge in [-0.1, -0.05) is 78.9 Å². The Kier molecular flexibility index (Phi) is 7.33. The smallest absolute Gasteiger partial charge is 0.132 e. The van der Waals surface area contributed by atoms with E-state index in [0.717, 1.165) is 52.9 Å². The quantitative estimate of drug-likeness (QED) is 0.283. The molecule has 0 spiro atoms. The molecule has 0 unspecified atom stereocenters. The molecule has 186 valence electrons. The third kappa shape index (κ3) is 5.15. The second-order valence-electron chi connectivity index (χ2n) is 9.86. The monoisotopic (exact) mass is 519 g/mol. The second-order valence-corrected chi connectivity index (χ2v) is 10.6. The predicted molar refractivity (Wildman–Crippen MR) is 150 cm³/mol. The summed E-state index contributed by atoms with van der Waals surface area (Å²) in [5.41, 5.74) is 13.1. The number of nitrogen functional groups attached to an aromatic ring is 1. The van der Waals surface area contributed by atoms with Gasteiger partial charge in [0.2, 0.25) is 0 Å². The third-order valence-electron chi connectivity index (χ3n) is 6.88. The van der Waals surface area contributed by atoms with Crippen LogP contribution in [0.25, 0.3) is 33.5 Å². The van der Waals surface area contributed by atoms with Crippen molar-refractivity contribution < 1.29 is 0 Å². The lowest BCUT2D eigenvalue weighted by molar-refractivity contribution is 0.330. The van der Waals surface area contributed by atoms with E-state index in [4.69, 9.17) is 34.0 Å². The summed E-state index contributed by atoms with van der Waals surface area (Å²) in [6.07, 6.45) is 9.89. The van der Waals surface area contributed by atoms with Crippen molar-refractivity contribution in [2.75, 3.05) is 19.8 Å². The number of rotatable bonds is 6. The number of aromatic nitrogens is 3. The maximum absolute atomic E-state index is 6.68. The number of pyridine rings is 1. The summed E-state index contributed by atoms with van der Waals surface area (Å²) in [4.78, 5) is 6.72. The highest BCUT2D eigenvalue weighted by atomic mass is 35.5. The molecule has 1 aliphatic carbocycles. The minimum atomic E-state index is 0.366. The standard InChI is InChI=1S/C29H31Cl2N5/c1-35(2)17-19-11-13-20(14-12-19)21-15-24(29(32)33-16-21)28-25(23-9-6-10-26(30)27(23)31)18-36(34-28)22-7-4-3-5-8-22/h6,9-16,18,22H,3-5,7-8,17H2,1-2H3,(H2,32,33). The van der Waals surface area contributed by atoms with Crippen LogP contribution in [0.2, 0.25) is 10.0 Å². The van der Waals surface area contributed by atoms with Gasteiger partial charge in [-0.15, -0.1) is 0 Å². The van der Waals surface area contributed by atoms with Crippen molar-refractivity contribution in [2.45, 2.75) is 44.7 Å². The molecule has 2 aromatic heterocycles. The maximum Gasteiger partial charge on any atom is 0.132 e. The fourth-order valence-corrected chi connectivity index (χ4v) is 5.43. The average Bonchev–Trinajstić information content (AvgIpc) is 3.32. The molecule has 0 atom stereocenters. The number of halogens is 2. The number of anilines is 1. The Morgan fingerprint density at radius 2 is 1.69 bits per heavy atom. The normalized spacial score (nSPS) is 14.5. The van der Waals surface area contributed by atoms with Crippen molar-refractivity contribution in [2.24, 2.45) is 0 Å². The molecule has 2 heterocycles. The molecule has 4 aromatic rings. The molecule has 7 heteroatoms. The summed E-state index contributed by atoms with van der Waals surface area (Å²) >= 11 is 13.1. The van der Waals surface area contributed by atoms with Gasteiger partial charge in [-0.3, -0.25) is 4.68 Å². The minimum Gasteiger partial charge on any atom is -0.383 e. The molecule has 0 bridgehead atoms. The zero-order valence-corrected chi connectivity index (χ0v) is 22.2. The molecule has 1 fully saturated rings. The lowest BCUT2D eigenvalue weighted by atomic mass is 9.95. The minimum absolute atomic E-state index is 0.366. The molecule has 1 saturated carbocycles. The Balaban J connectivity index is 1.61. The van der Waals surface area contributed by atoms with E-state index in [1.165, 1.54) is 24.8 Å². The maximum atomic E-state index is 6.68. The first kappa shape index (κ1) is 24.8. The van der Waals surface area contributed by atoms with Crippen molar-refractivity contribution in [1.82, 2.24) is 19.7 Å². The summed E-state index contributed by atoms with van der Waals surface area (Å²) in [5.74, 6) is 0.441. The van der Waals surface area contributed by atoms with Crippen molar-refractivity contribution in [3.8, 4) is 33.5 Å². The lowest BCUT2D eigenvalue weighted by Crippen LogP contribution is -2.13. The van der Waals surface area contributed by atoms with Crippen LogP contribution < -0.4 is 5.73 Å². The highest BCUT2D eigenvalue weighted by Crippen LogP contribution is 2.42. The number of hydrogen-bond acceptors (Lipinski definition) is 4. The van der Waals surface area contributed by atoms with Crippen LogP contribution in [0.1, 0.15) is 43.7 Å². The van der Waals surface area contributed by atoms with E-state index in [1.807, 2.05) is 18.3 Å². The van der Waals surface area contributed by atoms with E-state index in [9.17, 15) is 0 Å². The Bertz CT molecular complexity index is 1350. The van der Waals surface area contributed by atoms with Crippen molar-refractivity contribution in [3.63, 3.8) is 0 Å². The SMILES string of the molecule is CN(C)Cc1ccc(-c2cnc(N)c(-c3nn(C4CCCCC4)cc3-c3cccc(Cl)c3Cl)c2)cc1. The summed E-state index contributed by atoms with van der Waals surface area (Å²) in [5, 5.41) is 6.12. The van der Waals surface area contributed by atoms with Gasteiger partial charge in [-0.05, 0) is 50.2 Å². The molecule has 5 rings (SSSR count). The first-order valence-corrected chi connectivity index (χ1v) is 13.2. The second kappa shape index (κ2) is 10.6. The topological polar surface area (TPSA) is 60.0 Å². The highest BCUT2D eigenvalue weighted by Gasteiger charge is 2.23. The molecule has 5 nitrogen and oxygen atoms in total. The van der Waals surface area contributed by atoms with Gasteiger partial charge in [0.15, 0.2) is 0 Å². The van der Waals surface area contributed by atoms with Crippen LogP contribution in [0, 0.1) is 0 Å². The zero-order chi connectivity index (χ0) is 25.2. The molecule has 0 amide bonds. The number of nitrogens with zero attached hydrogens (tertiary/aromatic N) is 4. The van der Waals surface area contributed by atoms with Crippen LogP contribution >= 0.6 is 23.2 Å². The van der Waals surface area contributed by atoms with E-state index in [2.05, 4.69) is 65.2 Å². The fourth-order valence-electron chi connectivity index (χ4n) is 5.02. The molecule has 0 saturated heterocycles. The molecular weight excluding hydrogens is 489 g/mol. The van der Waals surface area contributed by atoms with Gasteiger partial charge in [0.05, 0.1) is 16.1 Å².